The zero-order valence-corrected chi connectivity index (χ0v) is 14.5. The maximum atomic E-state index is 5.89. The van der Waals surface area contributed by atoms with Gasteiger partial charge in [-0.15, -0.1) is 0 Å². The van der Waals surface area contributed by atoms with Gasteiger partial charge in [0.05, 0.1) is 12.8 Å². The molecule has 0 atom stereocenters. The van der Waals surface area contributed by atoms with Crippen molar-refractivity contribution in [3.8, 4) is 17.1 Å². The van der Waals surface area contributed by atoms with Crippen LogP contribution in [-0.4, -0.2) is 27.7 Å². The summed E-state index contributed by atoms with van der Waals surface area (Å²) >= 11 is 11.1. The molecule has 0 amide bonds. The van der Waals surface area contributed by atoms with Gasteiger partial charge in [-0.05, 0) is 61.1 Å². The Morgan fingerprint density at radius 3 is 2.58 bits per heavy atom. The van der Waals surface area contributed by atoms with Gasteiger partial charge in [-0.25, -0.2) is 5.10 Å². The lowest BCUT2D eigenvalue weighted by atomic mass is 10.2. The van der Waals surface area contributed by atoms with Crippen molar-refractivity contribution in [3.63, 3.8) is 0 Å². The molecule has 7 heteroatoms. The number of hydrogen-bond donors (Lipinski definition) is 1. The van der Waals surface area contributed by atoms with E-state index in [2.05, 4.69) is 15.3 Å². The quantitative estimate of drug-likeness (QED) is 0.538. The van der Waals surface area contributed by atoms with Gasteiger partial charge in [0, 0.05) is 10.6 Å². The van der Waals surface area contributed by atoms with Gasteiger partial charge in [0.25, 0.3) is 0 Å². The number of benzene rings is 2. The number of rotatable bonds is 5. The van der Waals surface area contributed by atoms with Crippen LogP contribution in [0.25, 0.3) is 11.4 Å². The predicted octanol–water partition coefficient (Wildman–Crippen LogP) is 4.54. The van der Waals surface area contributed by atoms with Crippen molar-refractivity contribution in [2.75, 3.05) is 6.61 Å². The highest BCUT2D eigenvalue weighted by atomic mass is 35.5. The summed E-state index contributed by atoms with van der Waals surface area (Å²) in [6, 6.07) is 15.0. The lowest BCUT2D eigenvalue weighted by Crippen LogP contribution is -1.96. The molecule has 0 aliphatic carbocycles. The Kier molecular flexibility index (Phi) is 5.08. The van der Waals surface area contributed by atoms with Crippen molar-refractivity contribution in [2.24, 2.45) is 5.10 Å². The molecule has 0 aliphatic heterocycles. The van der Waals surface area contributed by atoms with E-state index in [1.165, 1.54) is 0 Å². The molecule has 5 nitrogen and oxygen atoms in total. The molecule has 0 fully saturated rings. The summed E-state index contributed by atoms with van der Waals surface area (Å²) in [5.41, 5.74) is 1.80. The lowest BCUT2D eigenvalue weighted by Gasteiger charge is -2.04. The smallest absolute Gasteiger partial charge is 0.216 e. The average Bonchev–Trinajstić information content (AvgIpc) is 2.96. The molecule has 1 aromatic heterocycles. The van der Waals surface area contributed by atoms with E-state index in [0.717, 1.165) is 16.9 Å². The summed E-state index contributed by atoms with van der Waals surface area (Å²) in [6.45, 7) is 2.58. The molecule has 0 aliphatic rings. The number of halogens is 1. The van der Waals surface area contributed by atoms with Crippen molar-refractivity contribution >= 4 is 30.0 Å². The van der Waals surface area contributed by atoms with Crippen molar-refractivity contribution in [1.29, 1.82) is 0 Å². The zero-order chi connectivity index (χ0) is 16.9. The number of nitrogens with one attached hydrogen (secondary N) is 1. The van der Waals surface area contributed by atoms with Crippen LogP contribution < -0.4 is 4.74 Å². The first-order valence-electron chi connectivity index (χ1n) is 7.38. The first kappa shape index (κ1) is 16.4. The van der Waals surface area contributed by atoms with Crippen LogP contribution in [0.3, 0.4) is 0 Å². The molecule has 3 aromatic rings. The lowest BCUT2D eigenvalue weighted by molar-refractivity contribution is 0.340. The molecule has 1 heterocycles. The van der Waals surface area contributed by atoms with Crippen LogP contribution in [0.1, 0.15) is 12.5 Å². The fraction of sp³-hybridized carbons (Fsp3) is 0.118. The maximum absolute atomic E-state index is 5.89. The Morgan fingerprint density at radius 2 is 1.92 bits per heavy atom. The molecule has 0 saturated carbocycles. The van der Waals surface area contributed by atoms with Gasteiger partial charge < -0.3 is 4.74 Å². The van der Waals surface area contributed by atoms with E-state index in [1.807, 2.05) is 55.5 Å². The average molecular weight is 359 g/mol. The van der Waals surface area contributed by atoms with Crippen LogP contribution >= 0.6 is 23.8 Å². The van der Waals surface area contributed by atoms with Crippen molar-refractivity contribution < 1.29 is 4.74 Å². The van der Waals surface area contributed by atoms with Gasteiger partial charge in [-0.3, -0.25) is 0 Å². The van der Waals surface area contributed by atoms with Crippen molar-refractivity contribution in [2.45, 2.75) is 6.92 Å². The van der Waals surface area contributed by atoms with Gasteiger partial charge in [0.15, 0.2) is 5.82 Å². The first-order valence-corrected chi connectivity index (χ1v) is 8.16. The summed E-state index contributed by atoms with van der Waals surface area (Å²) < 4.78 is 7.45. The summed E-state index contributed by atoms with van der Waals surface area (Å²) in [5, 5.41) is 12.1. The minimum absolute atomic E-state index is 0.420. The van der Waals surface area contributed by atoms with E-state index >= 15 is 0 Å². The number of nitrogens with zero attached hydrogens (tertiary/aromatic N) is 3. The summed E-state index contributed by atoms with van der Waals surface area (Å²) in [5.74, 6) is 1.44. The second kappa shape index (κ2) is 7.42. The van der Waals surface area contributed by atoms with E-state index in [9.17, 15) is 0 Å². The third-order valence-electron chi connectivity index (χ3n) is 3.27. The summed E-state index contributed by atoms with van der Waals surface area (Å²) in [4.78, 5) is 0. The molecule has 0 bridgehead atoms. The fourth-order valence-corrected chi connectivity index (χ4v) is 2.43. The predicted molar refractivity (Wildman–Crippen MR) is 98.5 cm³/mol. The SMILES string of the molecule is CCOc1ccc(-c2n[nH]c(=S)n2N=Cc2ccc(Cl)cc2)cc1. The van der Waals surface area contributed by atoms with Crippen molar-refractivity contribution in [1.82, 2.24) is 14.9 Å². The minimum atomic E-state index is 0.420. The topological polar surface area (TPSA) is 55.2 Å². The van der Waals surface area contributed by atoms with E-state index in [4.69, 9.17) is 28.6 Å². The molecule has 24 heavy (non-hydrogen) atoms. The third-order valence-corrected chi connectivity index (χ3v) is 3.78. The van der Waals surface area contributed by atoms with Gasteiger partial charge >= 0.3 is 0 Å². The zero-order valence-electron chi connectivity index (χ0n) is 12.9. The maximum Gasteiger partial charge on any atom is 0.216 e. The second-order valence-electron chi connectivity index (χ2n) is 4.92. The third kappa shape index (κ3) is 3.72. The molecule has 0 unspecified atom stereocenters. The van der Waals surface area contributed by atoms with E-state index < -0.39 is 0 Å². The van der Waals surface area contributed by atoms with Gasteiger partial charge in [0.1, 0.15) is 5.75 Å². The molecule has 0 radical (unpaired) electrons. The van der Waals surface area contributed by atoms with Crippen LogP contribution in [0.5, 0.6) is 5.75 Å². The molecule has 0 spiro atoms. The van der Waals surface area contributed by atoms with E-state index in [-0.39, 0.29) is 0 Å². The molecule has 3 rings (SSSR count). The molecular formula is C17H15ClN4OS. The molecule has 0 saturated heterocycles. The van der Waals surface area contributed by atoms with E-state index in [1.54, 1.807) is 10.9 Å². The van der Waals surface area contributed by atoms with Crippen LogP contribution in [0.2, 0.25) is 5.02 Å². The normalized spacial score (nSPS) is 11.1. The molecule has 122 valence electrons. The number of H-pyrrole nitrogens is 1. The Hall–Kier alpha value is -2.44. The minimum Gasteiger partial charge on any atom is -0.494 e. The monoisotopic (exact) mass is 358 g/mol. The van der Waals surface area contributed by atoms with Crippen LogP contribution in [0, 0.1) is 4.77 Å². The standard InChI is InChI=1S/C17H15ClN4OS/c1-2-23-15-9-5-13(6-10-15)16-20-21-17(24)22(16)19-11-12-3-7-14(18)8-4-12/h3-11H,2H2,1H3,(H,21,24). The number of ether oxygens (including phenoxy) is 1. The largest absolute Gasteiger partial charge is 0.494 e. The number of aromatic amines is 1. The van der Waals surface area contributed by atoms with Gasteiger partial charge in [0.2, 0.25) is 4.77 Å². The van der Waals surface area contributed by atoms with Gasteiger partial charge in [-0.1, -0.05) is 23.7 Å². The fourth-order valence-electron chi connectivity index (χ4n) is 2.13. The first-order chi connectivity index (χ1) is 11.7. The highest BCUT2D eigenvalue weighted by Crippen LogP contribution is 2.21. The Labute approximate surface area is 149 Å². The highest BCUT2D eigenvalue weighted by Gasteiger charge is 2.08. The Balaban J connectivity index is 1.91. The van der Waals surface area contributed by atoms with Crippen LogP contribution in [0.15, 0.2) is 53.6 Å². The Morgan fingerprint density at radius 1 is 1.21 bits per heavy atom. The van der Waals surface area contributed by atoms with Crippen LogP contribution in [0.4, 0.5) is 0 Å². The Bertz CT molecular complexity index is 898. The van der Waals surface area contributed by atoms with Crippen LogP contribution in [-0.2, 0) is 0 Å². The van der Waals surface area contributed by atoms with E-state index in [0.29, 0.717) is 22.2 Å². The molecule has 1 N–H and O–H groups in total. The molecule has 2 aromatic carbocycles. The second-order valence-corrected chi connectivity index (χ2v) is 5.74. The highest BCUT2D eigenvalue weighted by molar-refractivity contribution is 7.71. The molecular weight excluding hydrogens is 344 g/mol. The number of aromatic nitrogens is 3. The number of hydrogen-bond acceptors (Lipinski definition) is 4. The summed E-state index contributed by atoms with van der Waals surface area (Å²) in [6.07, 6.45) is 1.71. The summed E-state index contributed by atoms with van der Waals surface area (Å²) in [7, 11) is 0. The van der Waals surface area contributed by atoms with Crippen molar-refractivity contribution in [3.05, 3.63) is 63.9 Å². The van der Waals surface area contributed by atoms with Gasteiger partial charge in [-0.2, -0.15) is 14.9 Å².